The number of fused-ring (bicyclic) bond motifs is 2. The Kier molecular flexibility index (Phi) is 4.98. The van der Waals surface area contributed by atoms with Gasteiger partial charge in [0.25, 0.3) is 11.8 Å². The maximum Gasteiger partial charge on any atom is 0.260 e. The van der Waals surface area contributed by atoms with Crippen LogP contribution in [0.5, 0.6) is 0 Å². The molecule has 3 heterocycles. The van der Waals surface area contributed by atoms with Crippen molar-refractivity contribution in [3.05, 3.63) is 65.4 Å². The maximum atomic E-state index is 13.2. The Morgan fingerprint density at radius 1 is 1.17 bits per heavy atom. The van der Waals surface area contributed by atoms with Crippen molar-refractivity contribution < 1.29 is 14.7 Å². The zero-order valence-electron chi connectivity index (χ0n) is 16.3. The summed E-state index contributed by atoms with van der Waals surface area (Å²) in [5, 5.41) is 14.4. The van der Waals surface area contributed by atoms with Gasteiger partial charge in [-0.05, 0) is 49.2 Å². The summed E-state index contributed by atoms with van der Waals surface area (Å²) in [4.78, 5) is 36.1. The van der Waals surface area contributed by atoms with E-state index in [1.807, 2.05) is 32.0 Å². The predicted molar refractivity (Wildman–Crippen MR) is 110 cm³/mol. The third-order valence-corrected chi connectivity index (χ3v) is 5.05. The van der Waals surface area contributed by atoms with Crippen LogP contribution in [-0.2, 0) is 4.79 Å². The molecule has 2 N–H and O–H groups in total. The highest BCUT2D eigenvalue weighted by Gasteiger charge is 2.44. The first-order chi connectivity index (χ1) is 14.0. The van der Waals surface area contributed by atoms with Gasteiger partial charge in [-0.2, -0.15) is 0 Å². The van der Waals surface area contributed by atoms with Gasteiger partial charge in [0.1, 0.15) is 5.82 Å². The van der Waals surface area contributed by atoms with Crippen LogP contribution in [0.1, 0.15) is 41.0 Å². The number of nitrogens with zero attached hydrogens (tertiary/aromatic N) is 3. The molecule has 148 valence electrons. The molecule has 4 rings (SSSR count). The Labute approximate surface area is 168 Å². The highest BCUT2D eigenvalue weighted by Crippen LogP contribution is 2.39. The van der Waals surface area contributed by atoms with Crippen molar-refractivity contribution >= 4 is 28.7 Å². The maximum absolute atomic E-state index is 13.2. The molecular weight excluding hydrogens is 368 g/mol. The van der Waals surface area contributed by atoms with Crippen molar-refractivity contribution in [3.8, 4) is 0 Å². The van der Waals surface area contributed by atoms with E-state index in [1.165, 1.54) is 4.90 Å². The molecule has 2 aromatic heterocycles. The van der Waals surface area contributed by atoms with E-state index in [0.29, 0.717) is 29.1 Å². The summed E-state index contributed by atoms with van der Waals surface area (Å²) in [6, 6.07) is 13.5. The van der Waals surface area contributed by atoms with Gasteiger partial charge in [-0.15, -0.1) is 0 Å². The van der Waals surface area contributed by atoms with Crippen molar-refractivity contribution in [1.29, 1.82) is 0 Å². The Balaban J connectivity index is 1.80. The molecule has 0 saturated heterocycles. The lowest BCUT2D eigenvalue weighted by Gasteiger charge is -2.28. The minimum atomic E-state index is -1.42. The van der Waals surface area contributed by atoms with Crippen molar-refractivity contribution in [2.75, 3.05) is 11.4 Å². The van der Waals surface area contributed by atoms with Gasteiger partial charge in [-0.3, -0.25) is 14.5 Å². The number of aryl methyl sites for hydroxylation is 1. The molecule has 1 aliphatic heterocycles. The van der Waals surface area contributed by atoms with E-state index in [2.05, 4.69) is 15.3 Å². The van der Waals surface area contributed by atoms with E-state index >= 15 is 0 Å². The van der Waals surface area contributed by atoms with Gasteiger partial charge in [0, 0.05) is 23.2 Å². The molecule has 29 heavy (non-hydrogen) atoms. The zero-order chi connectivity index (χ0) is 20.5. The minimum absolute atomic E-state index is 0.299. The lowest BCUT2D eigenvalue weighted by Crippen LogP contribution is -2.44. The number of carbonyl (C=O) groups is 2. The fourth-order valence-electron chi connectivity index (χ4n) is 3.62. The second kappa shape index (κ2) is 7.60. The standard InChI is InChI=1S/C22H22N4O3/c1-3-12-23-21(28)19(27)18-15-6-4-5-7-16(15)22(29)26(18)17-11-10-14-9-8-13(2)24-20(14)25-17/h4-11,18-19,27H,3,12H2,1-2H3,(H,23,28). The molecule has 0 spiro atoms. The number of anilines is 1. The smallest absolute Gasteiger partial charge is 0.260 e. The zero-order valence-corrected chi connectivity index (χ0v) is 16.3. The van der Waals surface area contributed by atoms with Crippen LogP contribution in [-0.4, -0.2) is 39.5 Å². The van der Waals surface area contributed by atoms with Gasteiger partial charge in [0.15, 0.2) is 11.8 Å². The van der Waals surface area contributed by atoms with E-state index in [0.717, 1.165) is 17.5 Å². The Morgan fingerprint density at radius 2 is 1.93 bits per heavy atom. The number of aliphatic hydroxyl groups is 1. The number of pyridine rings is 2. The molecule has 2 amide bonds. The summed E-state index contributed by atoms with van der Waals surface area (Å²) in [6.45, 7) is 4.26. The predicted octanol–water partition coefficient (Wildman–Crippen LogP) is 2.53. The second-order valence-corrected chi connectivity index (χ2v) is 7.11. The molecule has 2 atom stereocenters. The molecule has 3 aromatic rings. The molecule has 0 radical (unpaired) electrons. The number of nitrogens with one attached hydrogen (secondary N) is 1. The van der Waals surface area contributed by atoms with Crippen LogP contribution in [0.15, 0.2) is 48.5 Å². The van der Waals surface area contributed by atoms with E-state index in [4.69, 9.17) is 0 Å². The number of carbonyl (C=O) groups excluding carboxylic acids is 2. The highest BCUT2D eigenvalue weighted by molar-refractivity contribution is 6.11. The number of rotatable bonds is 5. The topological polar surface area (TPSA) is 95.4 Å². The Bertz CT molecular complexity index is 1100. The molecule has 2 unspecified atom stereocenters. The summed E-state index contributed by atoms with van der Waals surface area (Å²) in [6.07, 6.45) is -0.670. The highest BCUT2D eigenvalue weighted by atomic mass is 16.3. The van der Waals surface area contributed by atoms with Crippen LogP contribution < -0.4 is 10.2 Å². The molecule has 0 fully saturated rings. The summed E-state index contributed by atoms with van der Waals surface area (Å²) in [5.41, 5.74) is 2.39. The first kappa shape index (κ1) is 19.0. The van der Waals surface area contributed by atoms with Crippen molar-refractivity contribution in [2.24, 2.45) is 0 Å². The van der Waals surface area contributed by atoms with Gasteiger partial charge in [-0.25, -0.2) is 9.97 Å². The third kappa shape index (κ3) is 3.34. The van der Waals surface area contributed by atoms with Crippen LogP contribution in [0.2, 0.25) is 0 Å². The normalized spacial score (nSPS) is 16.7. The van der Waals surface area contributed by atoms with Gasteiger partial charge in [-0.1, -0.05) is 25.1 Å². The molecular formula is C22H22N4O3. The molecule has 0 bridgehead atoms. The summed E-state index contributed by atoms with van der Waals surface area (Å²) >= 11 is 0. The van der Waals surface area contributed by atoms with Gasteiger partial charge < -0.3 is 10.4 Å². The Morgan fingerprint density at radius 3 is 2.72 bits per heavy atom. The lowest BCUT2D eigenvalue weighted by molar-refractivity contribution is -0.130. The molecule has 0 saturated carbocycles. The fourth-order valence-corrected chi connectivity index (χ4v) is 3.62. The van der Waals surface area contributed by atoms with Crippen LogP contribution in [0.25, 0.3) is 11.0 Å². The van der Waals surface area contributed by atoms with Crippen molar-refractivity contribution in [3.63, 3.8) is 0 Å². The van der Waals surface area contributed by atoms with Crippen molar-refractivity contribution in [1.82, 2.24) is 15.3 Å². The average Bonchev–Trinajstić information content (AvgIpc) is 3.03. The quantitative estimate of drug-likeness (QED) is 0.698. The number of aliphatic hydroxyl groups excluding tert-OH is 1. The molecule has 1 aliphatic rings. The first-order valence-electron chi connectivity index (χ1n) is 9.64. The fraction of sp³-hybridized carbons (Fsp3) is 0.273. The van der Waals surface area contributed by atoms with E-state index < -0.39 is 18.1 Å². The van der Waals surface area contributed by atoms with Crippen molar-refractivity contribution in [2.45, 2.75) is 32.4 Å². The first-order valence-corrected chi connectivity index (χ1v) is 9.64. The number of benzene rings is 1. The van der Waals surface area contributed by atoms with Crippen LogP contribution >= 0.6 is 0 Å². The number of hydrogen-bond acceptors (Lipinski definition) is 5. The number of aromatic nitrogens is 2. The summed E-state index contributed by atoms with van der Waals surface area (Å²) < 4.78 is 0. The molecule has 1 aromatic carbocycles. The minimum Gasteiger partial charge on any atom is -0.381 e. The SMILES string of the molecule is CCCNC(=O)C(O)C1c2ccccc2C(=O)N1c1ccc2ccc(C)nc2n1. The summed E-state index contributed by atoms with van der Waals surface area (Å²) in [5.74, 6) is -0.460. The van der Waals surface area contributed by atoms with E-state index in [1.54, 1.807) is 30.3 Å². The van der Waals surface area contributed by atoms with E-state index in [-0.39, 0.29) is 5.91 Å². The average molecular weight is 390 g/mol. The largest absolute Gasteiger partial charge is 0.381 e. The Hall–Kier alpha value is -3.32. The van der Waals surface area contributed by atoms with Gasteiger partial charge in [0.2, 0.25) is 0 Å². The molecule has 0 aliphatic carbocycles. The number of hydrogen-bond donors (Lipinski definition) is 2. The summed E-state index contributed by atoms with van der Waals surface area (Å²) in [7, 11) is 0. The third-order valence-electron chi connectivity index (χ3n) is 5.05. The van der Waals surface area contributed by atoms with Crippen LogP contribution in [0.4, 0.5) is 5.82 Å². The van der Waals surface area contributed by atoms with Gasteiger partial charge >= 0.3 is 0 Å². The van der Waals surface area contributed by atoms with Gasteiger partial charge in [0.05, 0.1) is 6.04 Å². The van der Waals surface area contributed by atoms with E-state index in [9.17, 15) is 14.7 Å². The molecule has 7 heteroatoms. The molecule has 7 nitrogen and oxygen atoms in total. The monoisotopic (exact) mass is 390 g/mol. The van der Waals surface area contributed by atoms with Crippen LogP contribution in [0, 0.1) is 6.92 Å². The lowest BCUT2D eigenvalue weighted by atomic mass is 9.99. The van der Waals surface area contributed by atoms with Crippen LogP contribution in [0.3, 0.4) is 0 Å². The number of amides is 2. The second-order valence-electron chi connectivity index (χ2n) is 7.11.